The molecule has 21 heavy (non-hydrogen) atoms. The van der Waals surface area contributed by atoms with Crippen molar-refractivity contribution < 1.29 is 9.13 Å². The van der Waals surface area contributed by atoms with Gasteiger partial charge in [0.2, 0.25) is 0 Å². The number of piperazine rings is 3. The normalized spacial score (nSPS) is 29.4. The Balaban J connectivity index is 1.76. The Morgan fingerprint density at radius 2 is 2.10 bits per heavy atom. The van der Waals surface area contributed by atoms with E-state index in [1.165, 1.54) is 20.2 Å². The standard InChI is InChI=1S/C16H24FN3O/c1-18-13(14-11-19-6-8-20(14)9-7-19)10-12-4-3-5-15(21-2)16(12)17/h3-5,13-14,18H,6-11H2,1-2H3. The molecule has 1 aromatic rings. The summed E-state index contributed by atoms with van der Waals surface area (Å²) in [6, 6.07) is 6.11. The van der Waals surface area contributed by atoms with Crippen molar-refractivity contribution in [3.05, 3.63) is 29.6 Å². The van der Waals surface area contributed by atoms with Crippen LogP contribution in [0.15, 0.2) is 18.2 Å². The summed E-state index contributed by atoms with van der Waals surface area (Å²) in [6.07, 6.45) is 0.689. The lowest BCUT2D eigenvalue weighted by Crippen LogP contribution is -2.66. The van der Waals surface area contributed by atoms with Gasteiger partial charge < -0.3 is 10.1 Å². The number of likely N-dealkylation sites (N-methyl/N-ethyl adjacent to an activating group) is 1. The molecular weight excluding hydrogens is 269 g/mol. The van der Waals surface area contributed by atoms with Crippen LogP contribution >= 0.6 is 0 Å². The summed E-state index contributed by atoms with van der Waals surface area (Å²) in [4.78, 5) is 5.05. The summed E-state index contributed by atoms with van der Waals surface area (Å²) in [6.45, 7) is 5.67. The fraction of sp³-hybridized carbons (Fsp3) is 0.625. The number of rotatable bonds is 5. The third kappa shape index (κ3) is 2.91. The van der Waals surface area contributed by atoms with E-state index < -0.39 is 0 Å². The van der Waals surface area contributed by atoms with Gasteiger partial charge in [-0.05, 0) is 25.1 Å². The minimum absolute atomic E-state index is 0.225. The van der Waals surface area contributed by atoms with Crippen LogP contribution in [-0.2, 0) is 6.42 Å². The van der Waals surface area contributed by atoms with Crippen molar-refractivity contribution in [2.75, 3.05) is 46.9 Å². The maximum absolute atomic E-state index is 14.3. The number of hydrogen-bond donors (Lipinski definition) is 1. The minimum atomic E-state index is -0.225. The molecule has 3 aliphatic heterocycles. The van der Waals surface area contributed by atoms with Crippen molar-refractivity contribution in [1.82, 2.24) is 15.1 Å². The van der Waals surface area contributed by atoms with Crippen LogP contribution in [0.25, 0.3) is 0 Å². The van der Waals surface area contributed by atoms with Crippen LogP contribution in [-0.4, -0.2) is 68.8 Å². The predicted octanol–water partition coefficient (Wildman–Crippen LogP) is 0.965. The topological polar surface area (TPSA) is 27.7 Å². The van der Waals surface area contributed by atoms with Gasteiger partial charge in [0.1, 0.15) is 0 Å². The largest absolute Gasteiger partial charge is 0.494 e. The molecular formula is C16H24FN3O. The first kappa shape index (κ1) is 14.8. The smallest absolute Gasteiger partial charge is 0.168 e. The molecule has 0 aliphatic carbocycles. The quantitative estimate of drug-likeness (QED) is 0.875. The van der Waals surface area contributed by atoms with Crippen LogP contribution in [0, 0.1) is 5.82 Å². The lowest BCUT2D eigenvalue weighted by Gasteiger charge is -2.50. The summed E-state index contributed by atoms with van der Waals surface area (Å²) in [5.41, 5.74) is 0.728. The Morgan fingerprint density at radius 3 is 2.67 bits per heavy atom. The second kappa shape index (κ2) is 6.30. The first-order valence-corrected chi connectivity index (χ1v) is 7.68. The molecule has 0 saturated carbocycles. The van der Waals surface area contributed by atoms with Crippen LogP contribution in [0.4, 0.5) is 4.39 Å². The highest BCUT2D eigenvalue weighted by Gasteiger charge is 2.36. The van der Waals surface area contributed by atoms with Crippen molar-refractivity contribution >= 4 is 0 Å². The van der Waals surface area contributed by atoms with Crippen molar-refractivity contribution in [1.29, 1.82) is 0 Å². The third-order valence-electron chi connectivity index (χ3n) is 4.86. The summed E-state index contributed by atoms with van der Waals surface area (Å²) in [5, 5.41) is 3.39. The highest BCUT2D eigenvalue weighted by Crippen LogP contribution is 2.24. The molecule has 3 heterocycles. The van der Waals surface area contributed by atoms with Crippen molar-refractivity contribution in [3.8, 4) is 5.75 Å². The first-order valence-electron chi connectivity index (χ1n) is 7.68. The first-order chi connectivity index (χ1) is 10.2. The third-order valence-corrected chi connectivity index (χ3v) is 4.86. The van der Waals surface area contributed by atoms with Gasteiger partial charge in [-0.25, -0.2) is 4.39 Å². The molecule has 3 aliphatic rings. The van der Waals surface area contributed by atoms with E-state index in [9.17, 15) is 4.39 Å². The zero-order valence-electron chi connectivity index (χ0n) is 12.8. The van der Waals surface area contributed by atoms with Gasteiger partial charge in [-0.1, -0.05) is 12.1 Å². The zero-order chi connectivity index (χ0) is 14.8. The van der Waals surface area contributed by atoms with Crippen molar-refractivity contribution in [2.24, 2.45) is 0 Å². The maximum Gasteiger partial charge on any atom is 0.168 e. The number of benzene rings is 1. The second-order valence-corrected chi connectivity index (χ2v) is 5.94. The van der Waals surface area contributed by atoms with Gasteiger partial charge in [0.05, 0.1) is 7.11 Å². The Hall–Kier alpha value is -1.17. The van der Waals surface area contributed by atoms with E-state index in [4.69, 9.17) is 4.74 Å². The molecule has 0 aromatic heterocycles. The summed E-state index contributed by atoms with van der Waals surface area (Å²) >= 11 is 0. The van der Waals surface area contributed by atoms with Crippen LogP contribution < -0.4 is 10.1 Å². The number of nitrogens with zero attached hydrogens (tertiary/aromatic N) is 2. The number of methoxy groups -OCH3 is 1. The molecule has 2 atom stereocenters. The molecule has 0 radical (unpaired) electrons. The lowest BCUT2D eigenvalue weighted by molar-refractivity contribution is -0.00213. The van der Waals surface area contributed by atoms with Gasteiger partial charge in [0.15, 0.2) is 11.6 Å². The number of fused-ring (bicyclic) bond motifs is 3. The molecule has 4 nitrogen and oxygen atoms in total. The molecule has 2 unspecified atom stereocenters. The Labute approximate surface area is 125 Å². The minimum Gasteiger partial charge on any atom is -0.494 e. The van der Waals surface area contributed by atoms with E-state index in [0.717, 1.165) is 25.2 Å². The number of hydrogen-bond acceptors (Lipinski definition) is 4. The van der Waals surface area contributed by atoms with Gasteiger partial charge in [-0.3, -0.25) is 9.80 Å². The zero-order valence-corrected chi connectivity index (χ0v) is 12.8. The van der Waals surface area contributed by atoms with Crippen molar-refractivity contribution in [2.45, 2.75) is 18.5 Å². The fourth-order valence-electron chi connectivity index (χ4n) is 3.58. The molecule has 2 bridgehead atoms. The van der Waals surface area contributed by atoms with Crippen LogP contribution in [0.5, 0.6) is 5.75 Å². The molecule has 1 N–H and O–H groups in total. The Bertz CT molecular complexity index is 488. The molecule has 3 fully saturated rings. The van der Waals surface area contributed by atoms with Gasteiger partial charge in [0, 0.05) is 44.8 Å². The molecule has 0 amide bonds. The van der Waals surface area contributed by atoms with Crippen molar-refractivity contribution in [3.63, 3.8) is 0 Å². The average molecular weight is 293 g/mol. The second-order valence-electron chi connectivity index (χ2n) is 5.94. The fourth-order valence-corrected chi connectivity index (χ4v) is 3.58. The van der Waals surface area contributed by atoms with Gasteiger partial charge in [-0.2, -0.15) is 0 Å². The predicted molar refractivity (Wildman–Crippen MR) is 81.3 cm³/mol. The monoisotopic (exact) mass is 293 g/mol. The molecule has 1 aromatic carbocycles. The molecule has 4 rings (SSSR count). The Morgan fingerprint density at radius 1 is 1.33 bits per heavy atom. The van der Waals surface area contributed by atoms with Gasteiger partial charge in [-0.15, -0.1) is 0 Å². The molecule has 3 saturated heterocycles. The SMILES string of the molecule is CNC(Cc1cccc(OC)c1F)C1CN2CCN1CC2. The summed E-state index contributed by atoms with van der Waals surface area (Å²) < 4.78 is 19.4. The van der Waals surface area contributed by atoms with E-state index in [-0.39, 0.29) is 11.9 Å². The highest BCUT2D eigenvalue weighted by atomic mass is 19.1. The van der Waals surface area contributed by atoms with Crippen LogP contribution in [0.2, 0.25) is 0 Å². The Kier molecular flexibility index (Phi) is 4.42. The van der Waals surface area contributed by atoms with E-state index in [1.54, 1.807) is 6.07 Å². The highest BCUT2D eigenvalue weighted by molar-refractivity contribution is 5.31. The maximum atomic E-state index is 14.3. The number of halogens is 1. The van der Waals surface area contributed by atoms with Gasteiger partial charge >= 0.3 is 0 Å². The van der Waals surface area contributed by atoms with E-state index in [1.807, 2.05) is 19.2 Å². The van der Waals surface area contributed by atoms with E-state index in [2.05, 4.69) is 15.1 Å². The van der Waals surface area contributed by atoms with E-state index >= 15 is 0 Å². The lowest BCUT2D eigenvalue weighted by atomic mass is 9.94. The average Bonchev–Trinajstić information content (AvgIpc) is 2.55. The van der Waals surface area contributed by atoms with Crippen LogP contribution in [0.1, 0.15) is 5.56 Å². The molecule has 5 heteroatoms. The number of nitrogens with one attached hydrogen (secondary N) is 1. The van der Waals surface area contributed by atoms with E-state index in [0.29, 0.717) is 18.2 Å². The molecule has 0 spiro atoms. The summed E-state index contributed by atoms with van der Waals surface area (Å²) in [7, 11) is 3.48. The van der Waals surface area contributed by atoms with Gasteiger partial charge in [0.25, 0.3) is 0 Å². The summed E-state index contributed by atoms with van der Waals surface area (Å²) in [5.74, 6) is 0.105. The van der Waals surface area contributed by atoms with Crippen LogP contribution in [0.3, 0.4) is 0 Å². The molecule has 116 valence electrons. The number of ether oxygens (including phenoxy) is 1.